The van der Waals surface area contributed by atoms with Crippen molar-refractivity contribution >= 4 is 41.0 Å². The Morgan fingerprint density at radius 3 is 2.32 bits per heavy atom. The van der Waals surface area contributed by atoms with E-state index in [1.807, 2.05) is 6.07 Å². The van der Waals surface area contributed by atoms with Crippen LogP contribution in [0.3, 0.4) is 0 Å². The van der Waals surface area contributed by atoms with Crippen LogP contribution in [-0.4, -0.2) is 45.3 Å². The SMILES string of the molecule is O=C(O)C(=O)NC(Cc1ccc(-c2cccc(Cl)c2)c(Cl)c1)CC(O)C(=O)O. The number of aliphatic hydroxyl groups excluding tert-OH is 1. The van der Waals surface area contributed by atoms with Gasteiger partial charge in [0.05, 0.1) is 0 Å². The number of aliphatic carboxylic acids is 2. The number of benzene rings is 2. The number of carbonyl (C=O) groups excluding carboxylic acids is 1. The molecule has 2 unspecified atom stereocenters. The molecule has 0 aliphatic carbocycles. The molecular formula is C19H17Cl2NO6. The quantitative estimate of drug-likeness (QED) is 0.505. The molecule has 7 nitrogen and oxygen atoms in total. The first kappa shape index (κ1) is 21.7. The van der Waals surface area contributed by atoms with Crippen molar-refractivity contribution < 1.29 is 29.7 Å². The van der Waals surface area contributed by atoms with Crippen LogP contribution in [0.5, 0.6) is 0 Å². The zero-order valence-electron chi connectivity index (χ0n) is 14.4. The van der Waals surface area contributed by atoms with Gasteiger partial charge in [0, 0.05) is 28.1 Å². The number of rotatable bonds is 7. The molecule has 0 aliphatic rings. The summed E-state index contributed by atoms with van der Waals surface area (Å²) >= 11 is 12.3. The van der Waals surface area contributed by atoms with E-state index < -0.39 is 30.0 Å². The fraction of sp³-hybridized carbons (Fsp3) is 0.211. The van der Waals surface area contributed by atoms with E-state index in [1.54, 1.807) is 36.4 Å². The van der Waals surface area contributed by atoms with Gasteiger partial charge in [0.25, 0.3) is 0 Å². The Balaban J connectivity index is 2.23. The third-order valence-corrected chi connectivity index (χ3v) is 4.52. The molecule has 0 aliphatic heterocycles. The maximum atomic E-state index is 11.5. The van der Waals surface area contributed by atoms with Gasteiger partial charge >= 0.3 is 17.8 Å². The number of carbonyl (C=O) groups is 3. The normalized spacial score (nSPS) is 12.8. The Hall–Kier alpha value is -2.61. The molecule has 1 amide bonds. The van der Waals surface area contributed by atoms with Crippen LogP contribution in [0.4, 0.5) is 0 Å². The second-order valence-corrected chi connectivity index (χ2v) is 6.94. The Labute approximate surface area is 170 Å². The summed E-state index contributed by atoms with van der Waals surface area (Å²) in [6.07, 6.45) is -2.03. The van der Waals surface area contributed by atoms with E-state index in [4.69, 9.17) is 33.4 Å². The number of nitrogens with one attached hydrogen (secondary N) is 1. The predicted molar refractivity (Wildman–Crippen MR) is 103 cm³/mol. The molecule has 4 N–H and O–H groups in total. The number of hydrogen-bond donors (Lipinski definition) is 4. The lowest BCUT2D eigenvalue weighted by Gasteiger charge is -2.20. The molecule has 0 spiro atoms. The molecule has 2 atom stereocenters. The van der Waals surface area contributed by atoms with Crippen molar-refractivity contribution in [3.05, 3.63) is 58.1 Å². The number of halogens is 2. The van der Waals surface area contributed by atoms with E-state index in [9.17, 15) is 19.5 Å². The minimum Gasteiger partial charge on any atom is -0.479 e. The first-order valence-corrected chi connectivity index (χ1v) is 8.92. The smallest absolute Gasteiger partial charge is 0.394 e. The molecule has 2 aromatic rings. The van der Waals surface area contributed by atoms with Crippen LogP contribution >= 0.6 is 23.2 Å². The maximum Gasteiger partial charge on any atom is 0.394 e. The van der Waals surface area contributed by atoms with Crippen molar-refractivity contribution in [1.82, 2.24) is 5.32 Å². The van der Waals surface area contributed by atoms with Crippen LogP contribution < -0.4 is 5.32 Å². The second-order valence-electron chi connectivity index (χ2n) is 6.09. The first-order chi connectivity index (χ1) is 13.2. The van der Waals surface area contributed by atoms with Crippen LogP contribution in [0.15, 0.2) is 42.5 Å². The molecule has 0 saturated heterocycles. The topological polar surface area (TPSA) is 124 Å². The number of hydrogen-bond acceptors (Lipinski definition) is 4. The Bertz CT molecular complexity index is 902. The molecule has 2 aromatic carbocycles. The largest absolute Gasteiger partial charge is 0.479 e. The highest BCUT2D eigenvalue weighted by molar-refractivity contribution is 6.34. The van der Waals surface area contributed by atoms with Gasteiger partial charge in [-0.25, -0.2) is 9.59 Å². The molecule has 28 heavy (non-hydrogen) atoms. The van der Waals surface area contributed by atoms with Crippen molar-refractivity contribution in [2.45, 2.75) is 25.0 Å². The van der Waals surface area contributed by atoms with Gasteiger partial charge < -0.3 is 20.6 Å². The van der Waals surface area contributed by atoms with Crippen LogP contribution in [0.1, 0.15) is 12.0 Å². The van der Waals surface area contributed by atoms with E-state index in [0.29, 0.717) is 15.6 Å². The molecule has 0 radical (unpaired) electrons. The van der Waals surface area contributed by atoms with Crippen molar-refractivity contribution in [3.8, 4) is 11.1 Å². The van der Waals surface area contributed by atoms with Crippen molar-refractivity contribution in [2.75, 3.05) is 0 Å². The third kappa shape index (κ3) is 5.95. The third-order valence-electron chi connectivity index (χ3n) is 3.97. The fourth-order valence-electron chi connectivity index (χ4n) is 2.67. The summed E-state index contributed by atoms with van der Waals surface area (Å²) in [5.41, 5.74) is 2.16. The summed E-state index contributed by atoms with van der Waals surface area (Å²) < 4.78 is 0. The van der Waals surface area contributed by atoms with Gasteiger partial charge in [0.1, 0.15) is 0 Å². The fourth-order valence-corrected chi connectivity index (χ4v) is 3.17. The van der Waals surface area contributed by atoms with E-state index >= 15 is 0 Å². The highest BCUT2D eigenvalue weighted by Gasteiger charge is 2.24. The van der Waals surface area contributed by atoms with Crippen molar-refractivity contribution in [3.63, 3.8) is 0 Å². The molecule has 0 heterocycles. The van der Waals surface area contributed by atoms with Gasteiger partial charge in [-0.15, -0.1) is 0 Å². The zero-order chi connectivity index (χ0) is 20.8. The molecule has 0 fully saturated rings. The van der Waals surface area contributed by atoms with Gasteiger partial charge in [-0.2, -0.15) is 0 Å². The zero-order valence-corrected chi connectivity index (χ0v) is 15.9. The molecular weight excluding hydrogens is 409 g/mol. The van der Waals surface area contributed by atoms with Gasteiger partial charge in [0.2, 0.25) is 0 Å². The number of carboxylic acids is 2. The lowest BCUT2D eigenvalue weighted by atomic mass is 9.97. The van der Waals surface area contributed by atoms with E-state index in [0.717, 1.165) is 11.1 Å². The number of aliphatic hydroxyl groups is 1. The lowest BCUT2D eigenvalue weighted by molar-refractivity contribution is -0.151. The molecule has 148 valence electrons. The summed E-state index contributed by atoms with van der Waals surface area (Å²) in [6, 6.07) is 11.3. The van der Waals surface area contributed by atoms with Crippen LogP contribution in [0, 0.1) is 0 Å². The number of amides is 1. The maximum absolute atomic E-state index is 11.5. The first-order valence-electron chi connectivity index (χ1n) is 8.16. The predicted octanol–water partition coefficient (Wildman–Crippen LogP) is 2.61. The van der Waals surface area contributed by atoms with Crippen LogP contribution in [-0.2, 0) is 20.8 Å². The van der Waals surface area contributed by atoms with Crippen molar-refractivity contribution in [2.24, 2.45) is 0 Å². The molecule has 0 bridgehead atoms. The number of carboxylic acid groups (broad SMARTS) is 2. The Kier molecular flexibility index (Phi) is 7.39. The molecule has 2 rings (SSSR count). The van der Waals surface area contributed by atoms with Gasteiger partial charge in [-0.3, -0.25) is 4.79 Å². The average molecular weight is 426 g/mol. The molecule has 0 aromatic heterocycles. The summed E-state index contributed by atoms with van der Waals surface area (Å²) in [4.78, 5) is 33.1. The van der Waals surface area contributed by atoms with E-state index in [-0.39, 0.29) is 12.8 Å². The minimum atomic E-state index is -1.75. The monoisotopic (exact) mass is 425 g/mol. The lowest BCUT2D eigenvalue weighted by Crippen LogP contribution is -2.43. The standard InChI is InChI=1S/C19H17Cl2NO6/c20-12-3-1-2-11(8-12)14-5-4-10(7-15(14)21)6-13(9-16(23)18(25)26)22-17(24)19(27)28/h1-5,7-8,13,16,23H,6,9H2,(H,22,24)(H,25,26)(H,27,28). The summed E-state index contributed by atoms with van der Waals surface area (Å²) in [5.74, 6) is -4.46. The van der Waals surface area contributed by atoms with Crippen molar-refractivity contribution in [1.29, 1.82) is 0 Å². The highest BCUT2D eigenvalue weighted by atomic mass is 35.5. The summed E-state index contributed by atoms with van der Waals surface area (Å²) in [6.45, 7) is 0. The Morgan fingerprint density at radius 2 is 1.75 bits per heavy atom. The Morgan fingerprint density at radius 1 is 1.04 bits per heavy atom. The van der Waals surface area contributed by atoms with Crippen LogP contribution in [0.25, 0.3) is 11.1 Å². The minimum absolute atomic E-state index is 0.0822. The second kappa shape index (κ2) is 9.54. The van der Waals surface area contributed by atoms with Gasteiger partial charge in [-0.05, 0) is 35.7 Å². The van der Waals surface area contributed by atoms with Gasteiger partial charge in [-0.1, -0.05) is 47.5 Å². The molecule has 9 heteroatoms. The average Bonchev–Trinajstić information content (AvgIpc) is 2.61. The summed E-state index contributed by atoms with van der Waals surface area (Å²) in [5, 5.41) is 30.3. The van der Waals surface area contributed by atoms with Gasteiger partial charge in [0.15, 0.2) is 6.10 Å². The summed E-state index contributed by atoms with van der Waals surface area (Å²) in [7, 11) is 0. The van der Waals surface area contributed by atoms with E-state index in [2.05, 4.69) is 5.32 Å². The highest BCUT2D eigenvalue weighted by Crippen LogP contribution is 2.30. The van der Waals surface area contributed by atoms with Crippen LogP contribution in [0.2, 0.25) is 10.0 Å². The molecule has 0 saturated carbocycles. The van der Waals surface area contributed by atoms with E-state index in [1.165, 1.54) is 0 Å².